The van der Waals surface area contributed by atoms with Crippen LogP contribution in [-0.4, -0.2) is 128 Å². The van der Waals surface area contributed by atoms with Gasteiger partial charge < -0.3 is 51.2 Å². The second-order valence-electron chi connectivity index (χ2n) is 31.9. The monoisotopic (exact) mass is 1520 g/mol. The molecule has 0 saturated carbocycles. The van der Waals surface area contributed by atoms with Crippen LogP contribution in [0.2, 0.25) is 15.1 Å². The molecule has 18 nitrogen and oxygen atoms in total. The number of alkyl carbamates (subject to hydrolysis) is 2. The van der Waals surface area contributed by atoms with Crippen LogP contribution in [-0.2, 0) is 77.1 Å². The van der Waals surface area contributed by atoms with Crippen molar-refractivity contribution >= 4 is 105 Å². The smallest absolute Gasteiger partial charge is 0.407 e. The van der Waals surface area contributed by atoms with Crippen LogP contribution in [0, 0.1) is 34.0 Å². The minimum Gasteiger partial charge on any atom is -0.481 e. The molecule has 3 aromatic carbocycles. The van der Waals surface area contributed by atoms with E-state index in [0.717, 1.165) is 97.7 Å². The number of rotatable bonds is 26. The van der Waals surface area contributed by atoms with E-state index in [0.29, 0.717) is 92.6 Å². The molecular weight excluding hydrogens is 1400 g/mol. The average Bonchev–Trinajstić information content (AvgIpc) is 1.59. The molecule has 3 aliphatic rings. The fourth-order valence-electron chi connectivity index (χ4n) is 12.8. The molecule has 0 aliphatic carbocycles. The van der Waals surface area contributed by atoms with Crippen LogP contribution in [0.15, 0.2) is 54.6 Å². The van der Waals surface area contributed by atoms with Crippen molar-refractivity contribution in [3.8, 4) is 0 Å². The Morgan fingerprint density at radius 1 is 0.529 bits per heavy atom. The van der Waals surface area contributed by atoms with E-state index in [1.54, 1.807) is 23.1 Å². The van der Waals surface area contributed by atoms with Gasteiger partial charge in [-0.05, 0) is 211 Å². The summed E-state index contributed by atoms with van der Waals surface area (Å²) in [4.78, 5) is 103. The number of ether oxygens (including phenoxy) is 2. The molecule has 6 atom stereocenters. The number of hydrogen-bond acceptors (Lipinski definition) is 13. The first-order valence-electron chi connectivity index (χ1n) is 36.3. The normalized spacial score (nSPS) is 17.0. The summed E-state index contributed by atoms with van der Waals surface area (Å²) in [5, 5.41) is 29.0. The summed E-state index contributed by atoms with van der Waals surface area (Å²) in [6.07, 6.45) is 10.9. The van der Waals surface area contributed by atoms with Gasteiger partial charge in [-0.2, -0.15) is 0 Å². The number of halogens is 5. The number of carbonyl (C=O) groups is 8. The molecule has 3 fully saturated rings. The van der Waals surface area contributed by atoms with Crippen LogP contribution in [0.4, 0.5) is 9.59 Å². The molecule has 23 heteroatoms. The summed E-state index contributed by atoms with van der Waals surface area (Å²) < 4.78 is 10.6. The highest BCUT2D eigenvalue weighted by Crippen LogP contribution is 2.36. The Hall–Kier alpha value is -5.05. The number of nitrogens with zero attached hydrogens (tertiary/aromatic N) is 2. The third-order valence-corrected chi connectivity index (χ3v) is 18.9. The van der Waals surface area contributed by atoms with Crippen LogP contribution in [0.25, 0.3) is 0 Å². The van der Waals surface area contributed by atoms with Gasteiger partial charge in [0, 0.05) is 85.5 Å². The van der Waals surface area contributed by atoms with E-state index in [1.165, 1.54) is 0 Å². The minimum atomic E-state index is -0.667. The van der Waals surface area contributed by atoms with Gasteiger partial charge in [0.05, 0.1) is 29.4 Å². The lowest BCUT2D eigenvalue weighted by Gasteiger charge is -2.35. The number of nitrogens with one attached hydrogen (secondary N) is 3. The van der Waals surface area contributed by atoms with E-state index in [1.807, 2.05) is 131 Å². The number of amides is 4. The molecule has 0 spiro atoms. The Balaban J connectivity index is 0.000000480. The van der Waals surface area contributed by atoms with Crippen LogP contribution in [0.5, 0.6) is 0 Å². The molecule has 7 N–H and O–H groups in total. The lowest BCUT2D eigenvalue weighted by Crippen LogP contribution is -2.46. The zero-order valence-electron chi connectivity index (χ0n) is 64.2. The van der Waals surface area contributed by atoms with Crippen molar-refractivity contribution in [2.75, 3.05) is 31.6 Å². The van der Waals surface area contributed by atoms with Gasteiger partial charge in [-0.3, -0.25) is 28.8 Å². The van der Waals surface area contributed by atoms with Crippen molar-refractivity contribution in [1.82, 2.24) is 25.8 Å². The molecule has 3 aliphatic heterocycles. The van der Waals surface area contributed by atoms with E-state index in [9.17, 15) is 43.5 Å². The summed E-state index contributed by atoms with van der Waals surface area (Å²) in [7, 11) is 0. The van der Waals surface area contributed by atoms with Gasteiger partial charge in [-0.1, -0.05) is 142 Å². The second kappa shape index (κ2) is 44.8. The quantitative estimate of drug-likeness (QED) is 0.0408. The molecule has 3 saturated heterocycles. The fraction of sp³-hybridized carbons (Fsp3) is 0.671. The molecule has 0 aromatic heterocycles. The van der Waals surface area contributed by atoms with Gasteiger partial charge in [0.2, 0.25) is 11.8 Å². The third-order valence-electron chi connectivity index (χ3n) is 18.2. The lowest BCUT2D eigenvalue weighted by atomic mass is 9.77. The number of hydrogen-bond donors (Lipinski definition) is 6. The third kappa shape index (κ3) is 34.0. The van der Waals surface area contributed by atoms with E-state index in [-0.39, 0.29) is 99.8 Å². The largest absolute Gasteiger partial charge is 0.481 e. The number of ketones is 3. The highest BCUT2D eigenvalue weighted by molar-refractivity contribution is 6.40. The number of Topliss-reactive ketones (excluding diaryl/α,β-unsaturated/α-hetero) is 3. The Kier molecular flexibility index (Phi) is 40.9. The van der Waals surface area contributed by atoms with Crippen molar-refractivity contribution in [1.29, 1.82) is 0 Å². The van der Waals surface area contributed by atoms with Gasteiger partial charge in [-0.15, -0.1) is 23.2 Å². The maximum atomic E-state index is 13.4. The number of aliphatic hydroxyl groups is 1. The molecule has 576 valence electrons. The number of nitrogens with two attached hydrogens (primary N) is 1. The number of benzene rings is 3. The van der Waals surface area contributed by atoms with Gasteiger partial charge >= 0.3 is 18.2 Å². The van der Waals surface area contributed by atoms with Crippen molar-refractivity contribution < 1.29 is 58.0 Å². The van der Waals surface area contributed by atoms with E-state index >= 15 is 0 Å². The van der Waals surface area contributed by atoms with Crippen molar-refractivity contribution in [2.45, 2.75) is 276 Å². The summed E-state index contributed by atoms with van der Waals surface area (Å²) in [6.45, 7) is 36.4. The van der Waals surface area contributed by atoms with E-state index in [2.05, 4.69) is 43.6 Å². The summed E-state index contributed by atoms with van der Waals surface area (Å²) in [5.41, 5.74) is 9.90. The molecule has 102 heavy (non-hydrogen) atoms. The summed E-state index contributed by atoms with van der Waals surface area (Å²) in [5.74, 6) is -0.725. The first kappa shape index (κ1) is 93.0. The molecule has 3 heterocycles. The van der Waals surface area contributed by atoms with Crippen molar-refractivity contribution in [3.05, 3.63) is 103 Å². The molecule has 0 radical (unpaired) electrons. The first-order valence-corrected chi connectivity index (χ1v) is 38.5. The van der Waals surface area contributed by atoms with Crippen molar-refractivity contribution in [2.24, 2.45) is 39.7 Å². The highest BCUT2D eigenvalue weighted by Gasteiger charge is 2.42. The highest BCUT2D eigenvalue weighted by atomic mass is 35.5. The number of aryl methyl sites for hydroxylation is 3. The molecular formula is C79H123Cl5N6O12. The maximum absolute atomic E-state index is 13.4. The Morgan fingerprint density at radius 2 is 0.882 bits per heavy atom. The fourth-order valence-corrected chi connectivity index (χ4v) is 13.4. The molecule has 4 amide bonds. The Bertz CT molecular complexity index is 3140. The number of carboxylic acids is 1. The van der Waals surface area contributed by atoms with E-state index in [4.69, 9.17) is 78.3 Å². The maximum Gasteiger partial charge on any atom is 0.407 e. The van der Waals surface area contributed by atoms with Gasteiger partial charge in [0.1, 0.15) is 17.0 Å². The number of aliphatic carboxylic acids is 1. The first-order chi connectivity index (χ1) is 47.5. The average molecular weight is 1530 g/mol. The number of carbonyl (C=O) groups excluding carboxylic acids is 7. The van der Waals surface area contributed by atoms with Gasteiger partial charge in [-0.25, -0.2) is 9.59 Å². The second-order valence-corrected chi connectivity index (χ2v) is 34.0. The molecule has 3 aromatic rings. The lowest BCUT2D eigenvalue weighted by molar-refractivity contribution is -0.146. The molecule has 0 unspecified atom stereocenters. The van der Waals surface area contributed by atoms with E-state index < -0.39 is 29.4 Å². The summed E-state index contributed by atoms with van der Waals surface area (Å²) >= 11 is 27.9. The van der Waals surface area contributed by atoms with Crippen LogP contribution in [0.1, 0.15) is 241 Å². The molecule has 6 rings (SSSR count). The zero-order valence-corrected chi connectivity index (χ0v) is 68.0. The zero-order chi connectivity index (χ0) is 77.5. The standard InChI is InChI=1S/C28H43ClN2O4.C22H33ClN2O3.C19H27ClN2O3.C9H18O2.CH2Cl2/c1-8-10-22(27(2,3)4)25(33)31-16-9-11-23(31)24(32)15-13-19-17-21(29)14-12-20(19)18-30-26(34)35-28(5,6)7;1-22(2,3)18(10-12-26)21(28)25-11-4-5-19(25)20(27)9-7-15-13-17(23)8-6-16(15)14-24;1-19(2,3)25-18(24)22-12-14-6-8-15(20)11-13(14)7-9-17(23)16-5-4-10-21-16;1-5-6-7(8(10)11)9(2,3)4;2-1-3/h12,14,17,22-23H,8-11,13,15-16,18H2,1-7H3,(H,30,34);6,8,13,18-19,26H,4-5,7,9-12,14,24H2,1-3H3;6,8,11,16,21H,4-5,7,9-10,12H2,1-3H3,(H,22,24);7H,5-6H2,1-4H3,(H,10,11);1H2/t22-,23-;18-,19-;16-;7-;/m0000./s1. The van der Waals surface area contributed by atoms with Crippen LogP contribution >= 0.6 is 58.0 Å². The van der Waals surface area contributed by atoms with Gasteiger partial charge in [0.15, 0.2) is 11.6 Å². The number of carboxylic acid groups (broad SMARTS) is 1. The summed E-state index contributed by atoms with van der Waals surface area (Å²) in [6, 6.07) is 15.9. The van der Waals surface area contributed by atoms with Crippen LogP contribution in [0.3, 0.4) is 0 Å². The topological polar surface area (TPSA) is 264 Å². The van der Waals surface area contributed by atoms with Gasteiger partial charge in [0.25, 0.3) is 0 Å². The minimum absolute atomic E-state index is 0.0113. The molecule has 0 bridgehead atoms. The SMILES string of the molecule is CC(C)(C)OC(=O)NCc1ccc(Cl)cc1CCC(=O)[C@@H]1CCCN1.CC(C)(C)[C@@H](CCO)C(=O)N1CCC[C@H]1C(=O)CCc1cc(Cl)ccc1CN.CCC[C@@H](C(=O)N1CCC[C@H]1C(=O)CCc1cc(Cl)ccc1CNC(=O)OC(C)(C)C)C(C)(C)C.CCC[C@@H](C(=O)O)C(C)(C)C.ClCCl. The number of aliphatic hydroxyl groups excluding tert-OH is 1. The van der Waals surface area contributed by atoms with Crippen molar-refractivity contribution in [3.63, 3.8) is 0 Å². The van der Waals surface area contributed by atoms with Crippen LogP contribution < -0.4 is 21.7 Å². The number of alkyl halides is 2. The predicted molar refractivity (Wildman–Crippen MR) is 413 cm³/mol. The Labute approximate surface area is 635 Å². The number of likely N-dealkylation sites (tertiary alicyclic amines) is 2. The Morgan fingerprint density at radius 3 is 1.20 bits per heavy atom. The predicted octanol–water partition coefficient (Wildman–Crippen LogP) is 17.2.